The number of nitrogens with one attached hydrogen (secondary N) is 1. The number of nitriles is 1. The smallest absolute Gasteiger partial charge is 0.381 e. The van der Waals surface area contributed by atoms with E-state index in [9.17, 15) is 13.2 Å². The van der Waals surface area contributed by atoms with Crippen LogP contribution in [0.4, 0.5) is 18.9 Å². The minimum absolute atomic E-state index is 0.291. The van der Waals surface area contributed by atoms with Gasteiger partial charge in [-0.25, -0.2) is 0 Å². The van der Waals surface area contributed by atoms with E-state index in [4.69, 9.17) is 5.26 Å². The Labute approximate surface area is 148 Å². The van der Waals surface area contributed by atoms with E-state index in [1.165, 1.54) is 12.1 Å². The van der Waals surface area contributed by atoms with Gasteiger partial charge in [0, 0.05) is 36.6 Å². The molecule has 7 heteroatoms. The molecule has 0 spiro atoms. The molecule has 0 bridgehead atoms. The van der Waals surface area contributed by atoms with Gasteiger partial charge in [0.1, 0.15) is 0 Å². The van der Waals surface area contributed by atoms with Crippen LogP contribution in [0.3, 0.4) is 0 Å². The highest BCUT2D eigenvalue weighted by Gasteiger charge is 2.33. The molecular formula is C19H15F3N4. The summed E-state index contributed by atoms with van der Waals surface area (Å²) in [5.41, 5.74) is 1.51. The number of alkyl halides is 3. The lowest BCUT2D eigenvalue weighted by atomic mass is 10.1. The van der Waals surface area contributed by atoms with Crippen LogP contribution in [-0.4, -0.2) is 9.78 Å². The van der Waals surface area contributed by atoms with Crippen LogP contribution in [0.5, 0.6) is 0 Å². The summed E-state index contributed by atoms with van der Waals surface area (Å²) in [6.07, 6.45) is -2.75. The highest BCUT2D eigenvalue weighted by molar-refractivity contribution is 5.63. The average Bonchev–Trinajstić information content (AvgIpc) is 3.00. The van der Waals surface area contributed by atoms with Gasteiger partial charge >= 0.3 is 6.18 Å². The van der Waals surface area contributed by atoms with E-state index in [-0.39, 0.29) is 0 Å². The fraction of sp³-hybridized carbons (Fsp3) is 0.158. The third kappa shape index (κ3) is 3.70. The van der Waals surface area contributed by atoms with E-state index in [1.54, 1.807) is 17.8 Å². The molecule has 4 nitrogen and oxygen atoms in total. The molecule has 1 aromatic heterocycles. The molecule has 0 amide bonds. The van der Waals surface area contributed by atoms with Crippen molar-refractivity contribution in [1.82, 2.24) is 9.78 Å². The van der Waals surface area contributed by atoms with Crippen molar-refractivity contribution in [3.05, 3.63) is 71.4 Å². The van der Waals surface area contributed by atoms with E-state index in [1.807, 2.05) is 36.5 Å². The van der Waals surface area contributed by atoms with Crippen molar-refractivity contribution in [2.75, 3.05) is 5.32 Å². The third-order valence-electron chi connectivity index (χ3n) is 3.88. The summed E-state index contributed by atoms with van der Waals surface area (Å²) in [5, 5.41) is 16.3. The lowest BCUT2D eigenvalue weighted by Gasteiger charge is -2.12. The van der Waals surface area contributed by atoms with Crippen LogP contribution in [0.15, 0.2) is 54.7 Å². The van der Waals surface area contributed by atoms with E-state index < -0.39 is 17.3 Å². The van der Waals surface area contributed by atoms with Gasteiger partial charge in [-0.15, -0.1) is 0 Å². The summed E-state index contributed by atoms with van der Waals surface area (Å²) in [5.74, 6) is 0. The molecule has 0 aliphatic heterocycles. The van der Waals surface area contributed by atoms with Gasteiger partial charge < -0.3 is 5.32 Å². The van der Waals surface area contributed by atoms with Crippen molar-refractivity contribution in [2.45, 2.75) is 12.7 Å². The predicted molar refractivity (Wildman–Crippen MR) is 92.1 cm³/mol. The number of aromatic nitrogens is 2. The second-order valence-electron chi connectivity index (χ2n) is 5.77. The Kier molecular flexibility index (Phi) is 4.67. The highest BCUT2D eigenvalue weighted by atomic mass is 19.4. The number of rotatable bonds is 4. The molecule has 0 radical (unpaired) electrons. The topological polar surface area (TPSA) is 53.6 Å². The van der Waals surface area contributed by atoms with Gasteiger partial charge in [-0.05, 0) is 18.2 Å². The van der Waals surface area contributed by atoms with E-state index in [2.05, 4.69) is 10.4 Å². The normalized spacial score (nSPS) is 11.2. The van der Waals surface area contributed by atoms with E-state index >= 15 is 0 Å². The van der Waals surface area contributed by atoms with Crippen LogP contribution in [0, 0.1) is 11.3 Å². The molecule has 0 atom stereocenters. The number of nitrogens with zero attached hydrogens (tertiary/aromatic N) is 3. The minimum Gasteiger partial charge on any atom is -0.381 e. The van der Waals surface area contributed by atoms with Crippen molar-refractivity contribution >= 4 is 5.69 Å². The van der Waals surface area contributed by atoms with Crippen LogP contribution in [0.25, 0.3) is 11.3 Å². The minimum atomic E-state index is -4.58. The number of halogens is 3. The van der Waals surface area contributed by atoms with E-state index in [0.29, 0.717) is 12.2 Å². The maximum absolute atomic E-state index is 13.1. The summed E-state index contributed by atoms with van der Waals surface area (Å²) in [6.45, 7) is 0.307. The molecule has 132 valence electrons. The molecule has 0 fully saturated rings. The fourth-order valence-corrected chi connectivity index (χ4v) is 2.69. The lowest BCUT2D eigenvalue weighted by Crippen LogP contribution is -2.09. The van der Waals surface area contributed by atoms with Gasteiger partial charge in [0.25, 0.3) is 0 Å². The van der Waals surface area contributed by atoms with Gasteiger partial charge in [-0.1, -0.05) is 30.3 Å². The van der Waals surface area contributed by atoms with Crippen LogP contribution < -0.4 is 5.32 Å². The second kappa shape index (κ2) is 6.92. The third-order valence-corrected chi connectivity index (χ3v) is 3.88. The van der Waals surface area contributed by atoms with Crippen LogP contribution in [0.2, 0.25) is 0 Å². The van der Waals surface area contributed by atoms with Gasteiger partial charge in [-0.2, -0.15) is 23.5 Å². The molecule has 1 N–H and O–H groups in total. The Morgan fingerprint density at radius 3 is 2.54 bits per heavy atom. The molecule has 0 saturated carbocycles. The number of benzene rings is 2. The molecule has 0 unspecified atom stereocenters. The molecule has 0 aliphatic carbocycles. The largest absolute Gasteiger partial charge is 0.417 e. The number of hydrogen-bond acceptors (Lipinski definition) is 3. The zero-order valence-corrected chi connectivity index (χ0v) is 13.9. The van der Waals surface area contributed by atoms with Gasteiger partial charge in [0.2, 0.25) is 0 Å². The first kappa shape index (κ1) is 17.5. The first-order chi connectivity index (χ1) is 12.4. The molecule has 1 heterocycles. The Morgan fingerprint density at radius 2 is 1.88 bits per heavy atom. The fourth-order valence-electron chi connectivity index (χ4n) is 2.69. The second-order valence-corrected chi connectivity index (χ2v) is 5.77. The van der Waals surface area contributed by atoms with Gasteiger partial charge in [0.15, 0.2) is 0 Å². The van der Waals surface area contributed by atoms with Gasteiger partial charge in [0.05, 0.1) is 22.9 Å². The van der Waals surface area contributed by atoms with Crippen LogP contribution in [-0.2, 0) is 19.8 Å². The quantitative estimate of drug-likeness (QED) is 0.744. The number of anilines is 1. The van der Waals surface area contributed by atoms with Crippen molar-refractivity contribution in [3.8, 4) is 17.3 Å². The molecular weight excluding hydrogens is 341 g/mol. The molecule has 3 rings (SSSR count). The Balaban J connectivity index is 1.86. The molecule has 3 aromatic rings. The molecule has 2 aromatic carbocycles. The van der Waals surface area contributed by atoms with Crippen molar-refractivity contribution < 1.29 is 13.2 Å². The Hall–Kier alpha value is -3.27. The Morgan fingerprint density at radius 1 is 1.15 bits per heavy atom. The monoisotopic (exact) mass is 356 g/mol. The van der Waals surface area contributed by atoms with Crippen molar-refractivity contribution in [1.29, 1.82) is 5.26 Å². The Bertz CT molecular complexity index is 953. The average molecular weight is 356 g/mol. The van der Waals surface area contributed by atoms with Gasteiger partial charge in [-0.3, -0.25) is 4.68 Å². The number of aryl methyl sites for hydroxylation is 1. The zero-order valence-electron chi connectivity index (χ0n) is 13.9. The maximum Gasteiger partial charge on any atom is 0.417 e. The van der Waals surface area contributed by atoms with Crippen LogP contribution >= 0.6 is 0 Å². The van der Waals surface area contributed by atoms with E-state index in [0.717, 1.165) is 22.9 Å². The van der Waals surface area contributed by atoms with Crippen LogP contribution in [0.1, 0.15) is 16.7 Å². The molecule has 0 aliphatic rings. The summed E-state index contributed by atoms with van der Waals surface area (Å²) >= 11 is 0. The summed E-state index contributed by atoms with van der Waals surface area (Å²) in [6, 6.07) is 14.7. The standard InChI is InChI=1S/C19H15F3N4/c1-26-12-15(18(25-26)13-5-3-2-4-6-13)11-24-16-8-7-14(10-23)17(9-16)19(20,21)22/h2-9,12,24H,11H2,1H3. The molecule has 26 heavy (non-hydrogen) atoms. The highest BCUT2D eigenvalue weighted by Crippen LogP contribution is 2.33. The number of hydrogen-bond donors (Lipinski definition) is 1. The summed E-state index contributed by atoms with van der Waals surface area (Å²) in [7, 11) is 1.79. The first-order valence-electron chi connectivity index (χ1n) is 7.81. The maximum atomic E-state index is 13.1. The van der Waals surface area contributed by atoms with Crippen molar-refractivity contribution in [3.63, 3.8) is 0 Å². The van der Waals surface area contributed by atoms with Crippen molar-refractivity contribution in [2.24, 2.45) is 7.05 Å². The zero-order chi connectivity index (χ0) is 18.7. The molecule has 0 saturated heterocycles. The lowest BCUT2D eigenvalue weighted by molar-refractivity contribution is -0.137. The first-order valence-corrected chi connectivity index (χ1v) is 7.81. The summed E-state index contributed by atoms with van der Waals surface area (Å²) in [4.78, 5) is 0. The predicted octanol–water partition coefficient (Wildman–Crippen LogP) is 4.59. The summed E-state index contributed by atoms with van der Waals surface area (Å²) < 4.78 is 40.9. The SMILES string of the molecule is Cn1cc(CNc2ccc(C#N)c(C(F)(F)F)c2)c(-c2ccccc2)n1.